The van der Waals surface area contributed by atoms with Gasteiger partial charge in [-0.05, 0) is 31.0 Å². The van der Waals surface area contributed by atoms with E-state index in [1.54, 1.807) is 0 Å². The minimum atomic E-state index is -0.664. The fourth-order valence-corrected chi connectivity index (χ4v) is 2.45. The zero-order valence-corrected chi connectivity index (χ0v) is 11.8. The number of carbonyl (C=O) groups excluding carboxylic acids is 1. The molecule has 0 radical (unpaired) electrons. The van der Waals surface area contributed by atoms with E-state index in [1.165, 1.54) is 0 Å². The van der Waals surface area contributed by atoms with Crippen LogP contribution in [-0.4, -0.2) is 11.4 Å². The molecule has 0 bridgehead atoms. The minimum absolute atomic E-state index is 0. The van der Waals surface area contributed by atoms with E-state index in [1.807, 2.05) is 24.3 Å². The molecular weight excluding hydrogens is 304 g/mol. The van der Waals surface area contributed by atoms with Crippen LogP contribution < -0.4 is 11.1 Å². The van der Waals surface area contributed by atoms with Gasteiger partial charge in [-0.1, -0.05) is 34.8 Å². The summed E-state index contributed by atoms with van der Waals surface area (Å²) in [5, 5.41) is 2.87. The van der Waals surface area contributed by atoms with Crippen LogP contribution in [0.4, 0.5) is 5.69 Å². The Balaban J connectivity index is 0.00000144. The average Bonchev–Trinajstić information content (AvgIpc) is 2.66. The summed E-state index contributed by atoms with van der Waals surface area (Å²) in [6.07, 6.45) is 3.66. The molecule has 5 heteroatoms. The van der Waals surface area contributed by atoms with Crippen LogP contribution in [0.2, 0.25) is 0 Å². The van der Waals surface area contributed by atoms with Gasteiger partial charge in [0.15, 0.2) is 0 Å². The van der Waals surface area contributed by atoms with Crippen LogP contribution in [0.5, 0.6) is 0 Å². The summed E-state index contributed by atoms with van der Waals surface area (Å²) in [7, 11) is 0. The van der Waals surface area contributed by atoms with Crippen molar-refractivity contribution in [2.24, 2.45) is 5.73 Å². The molecule has 0 aromatic heterocycles. The minimum Gasteiger partial charge on any atom is -0.324 e. The normalized spacial score (nSPS) is 17.3. The third kappa shape index (κ3) is 3.44. The van der Waals surface area contributed by atoms with E-state index in [2.05, 4.69) is 21.2 Å². The molecule has 17 heavy (non-hydrogen) atoms. The van der Waals surface area contributed by atoms with E-state index in [9.17, 15) is 4.79 Å². The van der Waals surface area contributed by atoms with Gasteiger partial charge in [0.1, 0.15) is 0 Å². The zero-order chi connectivity index (χ0) is 11.6. The van der Waals surface area contributed by atoms with Crippen LogP contribution in [0, 0.1) is 0 Å². The highest BCUT2D eigenvalue weighted by Gasteiger charge is 2.36. The Hall–Kier alpha value is -0.580. The summed E-state index contributed by atoms with van der Waals surface area (Å²) >= 11 is 3.37. The summed E-state index contributed by atoms with van der Waals surface area (Å²) in [6, 6.07) is 7.54. The van der Waals surface area contributed by atoms with Crippen molar-refractivity contribution in [3.05, 3.63) is 28.7 Å². The third-order valence-electron chi connectivity index (χ3n) is 3.03. The predicted molar refractivity (Wildman–Crippen MR) is 75.4 cm³/mol. The first-order valence-electron chi connectivity index (χ1n) is 5.46. The highest BCUT2D eigenvalue weighted by Crippen LogP contribution is 2.28. The van der Waals surface area contributed by atoms with Crippen LogP contribution in [0.25, 0.3) is 0 Å². The predicted octanol–water partition coefficient (Wildman–Crippen LogP) is 3.08. The Morgan fingerprint density at radius 2 is 2.00 bits per heavy atom. The third-order valence-corrected chi connectivity index (χ3v) is 3.52. The number of nitrogens with one attached hydrogen (secondary N) is 1. The number of anilines is 1. The van der Waals surface area contributed by atoms with Crippen LogP contribution >= 0.6 is 28.3 Å². The average molecular weight is 320 g/mol. The van der Waals surface area contributed by atoms with Crippen molar-refractivity contribution in [2.75, 3.05) is 5.32 Å². The van der Waals surface area contributed by atoms with Gasteiger partial charge in [0.25, 0.3) is 0 Å². The van der Waals surface area contributed by atoms with Crippen LogP contribution in [0.15, 0.2) is 28.7 Å². The lowest BCUT2D eigenvalue weighted by atomic mass is 9.98. The molecule has 0 heterocycles. The van der Waals surface area contributed by atoms with Crippen LogP contribution in [0.1, 0.15) is 25.7 Å². The number of nitrogens with two attached hydrogens (primary N) is 1. The Morgan fingerprint density at radius 3 is 2.59 bits per heavy atom. The lowest BCUT2D eigenvalue weighted by Gasteiger charge is -2.22. The molecule has 1 saturated carbocycles. The molecule has 1 aliphatic carbocycles. The molecule has 2 rings (SSSR count). The molecule has 1 aromatic carbocycles. The molecule has 3 N–H and O–H groups in total. The quantitative estimate of drug-likeness (QED) is 0.880. The first-order valence-corrected chi connectivity index (χ1v) is 6.25. The molecule has 1 amide bonds. The van der Waals surface area contributed by atoms with Gasteiger partial charge in [0.2, 0.25) is 5.91 Å². The number of hydrogen-bond acceptors (Lipinski definition) is 2. The summed E-state index contributed by atoms with van der Waals surface area (Å²) in [4.78, 5) is 12.0. The Kier molecular flexibility index (Phi) is 4.98. The molecule has 94 valence electrons. The highest BCUT2D eigenvalue weighted by molar-refractivity contribution is 9.10. The van der Waals surface area contributed by atoms with Crippen molar-refractivity contribution < 1.29 is 4.79 Å². The van der Waals surface area contributed by atoms with E-state index in [-0.39, 0.29) is 18.3 Å². The monoisotopic (exact) mass is 318 g/mol. The zero-order valence-electron chi connectivity index (χ0n) is 9.41. The van der Waals surface area contributed by atoms with Crippen molar-refractivity contribution in [2.45, 2.75) is 31.2 Å². The molecule has 0 atom stereocenters. The van der Waals surface area contributed by atoms with Crippen LogP contribution in [-0.2, 0) is 4.79 Å². The first-order chi connectivity index (χ1) is 7.60. The van der Waals surface area contributed by atoms with E-state index < -0.39 is 5.54 Å². The fraction of sp³-hybridized carbons (Fsp3) is 0.417. The molecule has 1 aliphatic rings. The maximum absolute atomic E-state index is 12.0. The molecule has 3 nitrogen and oxygen atoms in total. The number of benzene rings is 1. The van der Waals surface area contributed by atoms with E-state index in [0.29, 0.717) is 0 Å². The number of rotatable bonds is 2. The second kappa shape index (κ2) is 5.85. The van der Waals surface area contributed by atoms with E-state index in [4.69, 9.17) is 5.73 Å². The van der Waals surface area contributed by atoms with Gasteiger partial charge in [0.05, 0.1) is 5.54 Å². The Morgan fingerprint density at radius 1 is 1.35 bits per heavy atom. The van der Waals surface area contributed by atoms with Crippen molar-refractivity contribution in [3.8, 4) is 0 Å². The maximum atomic E-state index is 12.0. The number of halogens is 2. The Labute approximate surface area is 116 Å². The van der Waals surface area contributed by atoms with Crippen molar-refractivity contribution in [1.29, 1.82) is 0 Å². The van der Waals surface area contributed by atoms with Gasteiger partial charge in [-0.15, -0.1) is 12.4 Å². The lowest BCUT2D eigenvalue weighted by Crippen LogP contribution is -2.48. The first kappa shape index (κ1) is 14.5. The fourth-order valence-electron chi connectivity index (χ4n) is 2.05. The van der Waals surface area contributed by atoms with Crippen molar-refractivity contribution in [3.63, 3.8) is 0 Å². The summed E-state index contributed by atoms with van der Waals surface area (Å²) in [6.45, 7) is 0. The highest BCUT2D eigenvalue weighted by atomic mass is 79.9. The molecule has 0 saturated heterocycles. The summed E-state index contributed by atoms with van der Waals surface area (Å²) in [5.74, 6) is -0.0666. The summed E-state index contributed by atoms with van der Waals surface area (Å²) < 4.78 is 0.947. The summed E-state index contributed by atoms with van der Waals surface area (Å²) in [5.41, 5.74) is 6.19. The largest absolute Gasteiger partial charge is 0.324 e. The van der Waals surface area contributed by atoms with Crippen LogP contribution in [0.3, 0.4) is 0 Å². The van der Waals surface area contributed by atoms with Crippen molar-refractivity contribution in [1.82, 2.24) is 0 Å². The number of amides is 1. The van der Waals surface area contributed by atoms with E-state index >= 15 is 0 Å². The van der Waals surface area contributed by atoms with Gasteiger partial charge < -0.3 is 11.1 Å². The second-order valence-electron chi connectivity index (χ2n) is 4.33. The Bertz CT molecular complexity index is 405. The van der Waals surface area contributed by atoms with Gasteiger partial charge in [-0.25, -0.2) is 0 Å². The molecule has 1 aromatic rings. The molecule has 0 unspecified atom stereocenters. The molecule has 1 fully saturated rings. The number of carbonyl (C=O) groups is 1. The maximum Gasteiger partial charge on any atom is 0.244 e. The topological polar surface area (TPSA) is 55.1 Å². The number of hydrogen-bond donors (Lipinski definition) is 2. The second-order valence-corrected chi connectivity index (χ2v) is 5.24. The SMILES string of the molecule is Cl.NC1(C(=O)Nc2cccc(Br)c2)CCCC1. The van der Waals surface area contributed by atoms with Gasteiger partial charge in [-0.3, -0.25) is 4.79 Å². The van der Waals surface area contributed by atoms with Gasteiger partial charge in [-0.2, -0.15) is 0 Å². The standard InChI is InChI=1S/C12H15BrN2O.ClH/c13-9-4-3-5-10(8-9)15-11(16)12(14)6-1-2-7-12;/h3-5,8H,1-2,6-7,14H2,(H,15,16);1H. The van der Waals surface area contributed by atoms with Gasteiger partial charge >= 0.3 is 0 Å². The lowest BCUT2D eigenvalue weighted by molar-refractivity contribution is -0.121. The molecule has 0 spiro atoms. The smallest absolute Gasteiger partial charge is 0.244 e. The van der Waals surface area contributed by atoms with E-state index in [0.717, 1.165) is 35.8 Å². The molecular formula is C12H16BrClN2O. The molecule has 0 aliphatic heterocycles. The van der Waals surface area contributed by atoms with Gasteiger partial charge in [0, 0.05) is 10.2 Å². The van der Waals surface area contributed by atoms with Crippen molar-refractivity contribution >= 4 is 39.9 Å².